The summed E-state index contributed by atoms with van der Waals surface area (Å²) in [7, 11) is 0. The number of esters is 1. The van der Waals surface area contributed by atoms with E-state index in [4.69, 9.17) is 18.6 Å². The van der Waals surface area contributed by atoms with Crippen LogP contribution in [-0.4, -0.2) is 25.1 Å². The first-order chi connectivity index (χ1) is 15.1. The molecule has 1 aromatic heterocycles. The van der Waals surface area contributed by atoms with E-state index in [0.717, 1.165) is 16.5 Å². The number of rotatable bonds is 8. The van der Waals surface area contributed by atoms with Gasteiger partial charge in [0.1, 0.15) is 0 Å². The third-order valence-corrected chi connectivity index (χ3v) is 5.06. The van der Waals surface area contributed by atoms with Gasteiger partial charge >= 0.3 is 5.97 Å². The highest BCUT2D eigenvalue weighted by Gasteiger charge is 2.26. The molecule has 0 saturated heterocycles. The lowest BCUT2D eigenvalue weighted by Crippen LogP contribution is -2.05. The van der Waals surface area contributed by atoms with Gasteiger partial charge in [-0.3, -0.25) is 0 Å². The molecule has 0 bridgehead atoms. The Hall–Kier alpha value is -3.32. The Balaban J connectivity index is 1.55. The van der Waals surface area contributed by atoms with Gasteiger partial charge in [0.25, 0.3) is 5.90 Å². The third kappa shape index (κ3) is 5.06. The average molecular weight is 482 g/mol. The minimum Gasteiger partial charge on any atom is -0.490 e. The van der Waals surface area contributed by atoms with Gasteiger partial charge in [-0.1, -0.05) is 30.3 Å². The van der Waals surface area contributed by atoms with E-state index >= 15 is 0 Å². The molecule has 0 unspecified atom stereocenters. The number of benzene rings is 2. The molecule has 4 rings (SSSR count). The molecular weight excluding hydrogens is 462 g/mol. The Bertz CT molecular complexity index is 1120. The van der Waals surface area contributed by atoms with Crippen molar-refractivity contribution in [2.45, 2.75) is 13.3 Å². The van der Waals surface area contributed by atoms with Crippen LogP contribution in [-0.2, 0) is 16.0 Å². The molecule has 2 heterocycles. The SMILES string of the molecule is CCOc1cc(/C=C2\N=C(c3ccco3)OC2=O)cc(Br)c1OCCc1ccccc1. The van der Waals surface area contributed by atoms with E-state index in [0.29, 0.717) is 30.5 Å². The number of hydrogen-bond donors (Lipinski definition) is 0. The van der Waals surface area contributed by atoms with E-state index in [2.05, 4.69) is 33.1 Å². The van der Waals surface area contributed by atoms with Gasteiger partial charge < -0.3 is 18.6 Å². The van der Waals surface area contributed by atoms with Crippen molar-refractivity contribution in [2.75, 3.05) is 13.2 Å². The number of furan rings is 1. The quantitative estimate of drug-likeness (QED) is 0.317. The molecular formula is C24H20BrNO5. The fraction of sp³-hybridized carbons (Fsp3) is 0.167. The lowest BCUT2D eigenvalue weighted by atomic mass is 10.1. The summed E-state index contributed by atoms with van der Waals surface area (Å²) >= 11 is 3.56. The zero-order valence-electron chi connectivity index (χ0n) is 16.8. The molecule has 0 radical (unpaired) electrons. The molecule has 0 amide bonds. The number of carbonyl (C=O) groups excluding carboxylic acids is 1. The van der Waals surface area contributed by atoms with Crippen LogP contribution in [0.25, 0.3) is 6.08 Å². The first kappa shape index (κ1) is 20.9. The molecule has 3 aromatic rings. The summed E-state index contributed by atoms with van der Waals surface area (Å²) in [5, 5.41) is 0. The molecule has 0 fully saturated rings. The first-order valence-electron chi connectivity index (χ1n) is 9.83. The van der Waals surface area contributed by atoms with Crippen molar-refractivity contribution < 1.29 is 23.4 Å². The van der Waals surface area contributed by atoms with Crippen LogP contribution in [0.15, 0.2) is 80.4 Å². The summed E-state index contributed by atoms with van der Waals surface area (Å²) in [6, 6.07) is 17.2. The predicted octanol–water partition coefficient (Wildman–Crippen LogP) is 5.41. The molecule has 1 aliphatic rings. The number of cyclic esters (lactones) is 1. The minimum atomic E-state index is -0.538. The van der Waals surface area contributed by atoms with Gasteiger partial charge in [0.2, 0.25) is 0 Å². The van der Waals surface area contributed by atoms with Crippen molar-refractivity contribution in [3.05, 3.63) is 87.9 Å². The largest absolute Gasteiger partial charge is 0.490 e. The molecule has 0 atom stereocenters. The maximum Gasteiger partial charge on any atom is 0.363 e. The molecule has 6 nitrogen and oxygen atoms in total. The smallest absolute Gasteiger partial charge is 0.363 e. The molecule has 0 N–H and O–H groups in total. The van der Waals surface area contributed by atoms with E-state index in [-0.39, 0.29) is 11.6 Å². The van der Waals surface area contributed by atoms with Crippen molar-refractivity contribution in [2.24, 2.45) is 4.99 Å². The Morgan fingerprint density at radius 1 is 1.10 bits per heavy atom. The van der Waals surface area contributed by atoms with Gasteiger partial charge in [0, 0.05) is 6.42 Å². The van der Waals surface area contributed by atoms with Crippen LogP contribution in [0.5, 0.6) is 11.5 Å². The second-order valence-electron chi connectivity index (χ2n) is 6.66. The molecule has 2 aromatic carbocycles. The fourth-order valence-corrected chi connectivity index (χ4v) is 3.64. The van der Waals surface area contributed by atoms with Crippen LogP contribution in [0.4, 0.5) is 0 Å². The standard InChI is InChI=1S/C24H20BrNO5/c1-2-28-21-15-17(14-19-24(27)31-23(26-19)20-9-6-11-29-20)13-18(25)22(21)30-12-10-16-7-4-3-5-8-16/h3-9,11,13-15H,2,10,12H2,1H3/b19-14-. The molecule has 7 heteroatoms. The highest BCUT2D eigenvalue weighted by atomic mass is 79.9. The normalized spacial score (nSPS) is 14.5. The Morgan fingerprint density at radius 2 is 1.94 bits per heavy atom. The van der Waals surface area contributed by atoms with Crippen LogP contribution < -0.4 is 9.47 Å². The highest BCUT2D eigenvalue weighted by Crippen LogP contribution is 2.38. The minimum absolute atomic E-state index is 0.145. The summed E-state index contributed by atoms with van der Waals surface area (Å²) < 4.78 is 23.0. The van der Waals surface area contributed by atoms with Crippen molar-refractivity contribution in [3.8, 4) is 11.5 Å². The van der Waals surface area contributed by atoms with Gasteiger partial charge in [-0.05, 0) is 64.3 Å². The van der Waals surface area contributed by atoms with Crippen LogP contribution in [0, 0.1) is 0 Å². The van der Waals surface area contributed by atoms with Crippen molar-refractivity contribution in [1.82, 2.24) is 0 Å². The summed E-state index contributed by atoms with van der Waals surface area (Å²) in [5.74, 6) is 1.21. The van der Waals surface area contributed by atoms with Gasteiger partial charge in [-0.25, -0.2) is 9.79 Å². The van der Waals surface area contributed by atoms with Crippen molar-refractivity contribution >= 4 is 33.9 Å². The summed E-state index contributed by atoms with van der Waals surface area (Å²) in [6.07, 6.45) is 3.91. The van der Waals surface area contributed by atoms with Crippen LogP contribution in [0.2, 0.25) is 0 Å². The number of carbonyl (C=O) groups is 1. The van der Waals surface area contributed by atoms with Crippen LogP contribution in [0.1, 0.15) is 23.8 Å². The average Bonchev–Trinajstić information content (AvgIpc) is 3.41. The molecule has 158 valence electrons. The molecule has 0 saturated carbocycles. The van der Waals surface area contributed by atoms with E-state index < -0.39 is 5.97 Å². The third-order valence-electron chi connectivity index (χ3n) is 4.47. The molecule has 1 aliphatic heterocycles. The molecule has 31 heavy (non-hydrogen) atoms. The second kappa shape index (κ2) is 9.66. The van der Waals surface area contributed by atoms with Gasteiger partial charge in [0.05, 0.1) is 23.9 Å². The van der Waals surface area contributed by atoms with E-state index in [1.165, 1.54) is 11.8 Å². The zero-order chi connectivity index (χ0) is 21.6. The monoisotopic (exact) mass is 481 g/mol. The summed E-state index contributed by atoms with van der Waals surface area (Å²) in [4.78, 5) is 16.5. The first-order valence-corrected chi connectivity index (χ1v) is 10.6. The highest BCUT2D eigenvalue weighted by molar-refractivity contribution is 9.10. The molecule has 0 aliphatic carbocycles. The zero-order valence-corrected chi connectivity index (χ0v) is 18.4. The van der Waals surface area contributed by atoms with Crippen LogP contribution in [0.3, 0.4) is 0 Å². The van der Waals surface area contributed by atoms with E-state index in [1.54, 1.807) is 18.2 Å². The lowest BCUT2D eigenvalue weighted by molar-refractivity contribution is -0.130. The molecule has 0 spiro atoms. The summed E-state index contributed by atoms with van der Waals surface area (Å²) in [6.45, 7) is 2.89. The number of hydrogen-bond acceptors (Lipinski definition) is 6. The van der Waals surface area contributed by atoms with E-state index in [9.17, 15) is 4.79 Å². The number of ether oxygens (including phenoxy) is 3. The second-order valence-corrected chi connectivity index (χ2v) is 7.51. The van der Waals surface area contributed by atoms with E-state index in [1.807, 2.05) is 37.3 Å². The Labute approximate surface area is 188 Å². The van der Waals surface area contributed by atoms with Crippen molar-refractivity contribution in [1.29, 1.82) is 0 Å². The Morgan fingerprint density at radius 3 is 2.68 bits per heavy atom. The maximum atomic E-state index is 12.2. The Kier molecular flexibility index (Phi) is 6.52. The van der Waals surface area contributed by atoms with Gasteiger partial charge in [0.15, 0.2) is 23.0 Å². The van der Waals surface area contributed by atoms with Gasteiger partial charge in [-0.2, -0.15) is 0 Å². The lowest BCUT2D eigenvalue weighted by Gasteiger charge is -2.15. The number of aliphatic imine (C=N–C) groups is 1. The predicted molar refractivity (Wildman–Crippen MR) is 120 cm³/mol. The van der Waals surface area contributed by atoms with Crippen LogP contribution >= 0.6 is 15.9 Å². The van der Waals surface area contributed by atoms with Crippen molar-refractivity contribution in [3.63, 3.8) is 0 Å². The number of halogens is 1. The number of nitrogens with zero attached hydrogens (tertiary/aromatic N) is 1. The maximum absolute atomic E-state index is 12.2. The van der Waals surface area contributed by atoms with Gasteiger partial charge in [-0.15, -0.1) is 0 Å². The summed E-state index contributed by atoms with van der Waals surface area (Å²) in [5.41, 5.74) is 2.10. The fourth-order valence-electron chi connectivity index (χ4n) is 3.06. The topological polar surface area (TPSA) is 70.3 Å².